The molecular formula is C17H12O6W. The summed E-state index contributed by atoms with van der Waals surface area (Å²) in [5.74, 6) is 6.07. The Morgan fingerprint density at radius 2 is 1.29 bits per heavy atom. The van der Waals surface area contributed by atoms with E-state index in [1.807, 2.05) is 19.1 Å². The van der Waals surface area contributed by atoms with E-state index in [0.29, 0.717) is 6.61 Å². The second-order valence-corrected chi connectivity index (χ2v) is 4.17. The zero-order valence-electron chi connectivity index (χ0n) is 12.9. The van der Waals surface area contributed by atoms with Gasteiger partial charge in [-0.25, -0.2) is 0 Å². The zero-order valence-corrected chi connectivity index (χ0v) is 15.8. The van der Waals surface area contributed by atoms with Crippen LogP contribution in [0.4, 0.5) is 0 Å². The molecule has 7 heteroatoms. The Morgan fingerprint density at radius 1 is 0.917 bits per heavy atom. The summed E-state index contributed by atoms with van der Waals surface area (Å²) < 4.78 is 43.6. The minimum atomic E-state index is 0.696. The number of hydrogen-bond acceptors (Lipinski definition) is 1. The Balaban J connectivity index is -0.000000103. The SMILES string of the molecule is CCO[C](=[W])C#Cc1ccc(C)cc1.[C-]#[O+].[C-]#[O+].[C-]#[O+].[C-]#[O+].[C-]#[O+]. The van der Waals surface area contributed by atoms with Crippen LogP contribution < -0.4 is 0 Å². The fourth-order valence-electron chi connectivity index (χ4n) is 0.927. The standard InChI is InChI=1S/C12H12O.5CO.W/c1-3-13-10-4-5-12-8-6-11(2)7-9-12;5*1-2;/h6-9H,3H2,1-2H3;;;;;;. The van der Waals surface area contributed by atoms with Crippen LogP contribution in [0, 0.1) is 52.0 Å². The van der Waals surface area contributed by atoms with Gasteiger partial charge in [-0.1, -0.05) is 0 Å². The fraction of sp³-hybridized carbons (Fsp3) is 0.176. The summed E-state index contributed by atoms with van der Waals surface area (Å²) in [7, 11) is 0. The van der Waals surface area contributed by atoms with Crippen molar-refractivity contribution < 1.29 is 47.4 Å². The quantitative estimate of drug-likeness (QED) is 0.348. The van der Waals surface area contributed by atoms with Crippen LogP contribution in [-0.2, 0) is 47.4 Å². The van der Waals surface area contributed by atoms with Crippen molar-refractivity contribution in [2.75, 3.05) is 6.61 Å². The summed E-state index contributed by atoms with van der Waals surface area (Å²) in [4.78, 5) is 0. The Hall–Kier alpha value is -2.00. The van der Waals surface area contributed by atoms with Crippen LogP contribution in [-0.4, -0.2) is 10.7 Å². The van der Waals surface area contributed by atoms with Gasteiger partial charge in [0, 0.05) is 0 Å². The van der Waals surface area contributed by atoms with E-state index in [2.05, 4.69) is 64.1 Å². The Kier molecular flexibility index (Phi) is 52.2. The molecule has 1 aromatic carbocycles. The number of rotatable bonds is 2. The van der Waals surface area contributed by atoms with Gasteiger partial charge in [-0.2, -0.15) is 0 Å². The predicted molar refractivity (Wildman–Crippen MR) is 74.3 cm³/mol. The van der Waals surface area contributed by atoms with E-state index in [9.17, 15) is 0 Å². The average molecular weight is 496 g/mol. The van der Waals surface area contributed by atoms with Gasteiger partial charge in [0.15, 0.2) is 0 Å². The second kappa shape index (κ2) is 37.3. The van der Waals surface area contributed by atoms with E-state index < -0.39 is 0 Å². The van der Waals surface area contributed by atoms with Crippen LogP contribution in [0.25, 0.3) is 0 Å². The van der Waals surface area contributed by atoms with Gasteiger partial charge >= 0.3 is 152 Å². The van der Waals surface area contributed by atoms with Gasteiger partial charge in [0.25, 0.3) is 0 Å². The third-order valence-electron chi connectivity index (χ3n) is 1.64. The Bertz CT molecular complexity index is 533. The van der Waals surface area contributed by atoms with Crippen molar-refractivity contribution in [1.29, 1.82) is 0 Å². The van der Waals surface area contributed by atoms with Crippen LogP contribution in [0.5, 0.6) is 0 Å². The van der Waals surface area contributed by atoms with Gasteiger partial charge in [0.05, 0.1) is 0 Å². The van der Waals surface area contributed by atoms with Crippen molar-refractivity contribution in [3.05, 3.63) is 68.6 Å². The molecule has 1 aromatic rings. The maximum atomic E-state index is 7.50. The third kappa shape index (κ3) is 28.2. The molecule has 122 valence electrons. The predicted octanol–water partition coefficient (Wildman–Crippen LogP) is 1.87. The van der Waals surface area contributed by atoms with Gasteiger partial charge in [-0.15, -0.1) is 0 Å². The fourth-order valence-corrected chi connectivity index (χ4v) is 1.53. The van der Waals surface area contributed by atoms with Crippen LogP contribution in [0.2, 0.25) is 0 Å². The molecule has 0 amide bonds. The van der Waals surface area contributed by atoms with E-state index in [1.54, 1.807) is 0 Å². The molecule has 6 nitrogen and oxygen atoms in total. The molecule has 0 aliphatic carbocycles. The molecule has 24 heavy (non-hydrogen) atoms. The van der Waals surface area contributed by atoms with Gasteiger partial charge in [-0.05, 0) is 0 Å². The number of hydrogen-bond donors (Lipinski definition) is 0. The Morgan fingerprint density at radius 3 is 1.62 bits per heavy atom. The van der Waals surface area contributed by atoms with E-state index in [1.165, 1.54) is 24.9 Å². The van der Waals surface area contributed by atoms with Crippen molar-refractivity contribution in [2.24, 2.45) is 0 Å². The summed E-state index contributed by atoms with van der Waals surface area (Å²) >= 11 is 1.28. The molecule has 0 saturated heterocycles. The van der Waals surface area contributed by atoms with Gasteiger partial charge < -0.3 is 0 Å². The molecule has 0 spiro atoms. The van der Waals surface area contributed by atoms with E-state index in [4.69, 9.17) is 28.0 Å². The first-order chi connectivity index (χ1) is 11.7. The molecule has 1 rings (SSSR count). The molecule has 0 aliphatic rings. The minimum absolute atomic E-state index is 0.696. The molecule has 0 heterocycles. The van der Waals surface area contributed by atoms with Crippen molar-refractivity contribution in [3.63, 3.8) is 0 Å². The first-order valence-electron chi connectivity index (χ1n) is 5.50. The summed E-state index contributed by atoms with van der Waals surface area (Å²) in [6.07, 6.45) is 0. The summed E-state index contributed by atoms with van der Waals surface area (Å²) in [5.41, 5.74) is 2.29. The summed E-state index contributed by atoms with van der Waals surface area (Å²) in [5, 5.41) is 0. The topological polar surface area (TPSA) is 109 Å². The average Bonchev–Trinajstić information content (AvgIpc) is 2.69. The summed E-state index contributed by atoms with van der Waals surface area (Å²) in [6, 6.07) is 8.17. The molecule has 0 saturated carbocycles. The van der Waals surface area contributed by atoms with Crippen molar-refractivity contribution in [3.8, 4) is 11.8 Å². The number of ether oxygens (including phenoxy) is 1. The first kappa shape index (κ1) is 33.6. The molecule has 0 atom stereocenters. The van der Waals surface area contributed by atoms with Gasteiger partial charge in [0.1, 0.15) is 0 Å². The van der Waals surface area contributed by atoms with E-state index in [0.717, 1.165) is 9.65 Å². The normalized spacial score (nSPS) is 5.67. The van der Waals surface area contributed by atoms with Gasteiger partial charge in [-0.3, -0.25) is 0 Å². The van der Waals surface area contributed by atoms with Gasteiger partial charge in [0.2, 0.25) is 0 Å². The Labute approximate surface area is 152 Å². The van der Waals surface area contributed by atoms with Crippen molar-refractivity contribution in [2.45, 2.75) is 13.8 Å². The number of aryl methyl sites for hydroxylation is 1. The molecule has 0 fully saturated rings. The monoisotopic (exact) mass is 496 g/mol. The first-order valence-corrected chi connectivity index (χ1v) is 6.96. The van der Waals surface area contributed by atoms with Crippen molar-refractivity contribution in [1.82, 2.24) is 0 Å². The maximum absolute atomic E-state index is 7.50. The molecule has 0 bridgehead atoms. The molecular weight excluding hydrogens is 484 g/mol. The zero-order chi connectivity index (χ0) is 20.4. The number of benzene rings is 1. The van der Waals surface area contributed by atoms with Crippen LogP contribution in [0.3, 0.4) is 0 Å². The molecule has 0 aromatic heterocycles. The molecule has 0 N–H and O–H groups in total. The van der Waals surface area contributed by atoms with Crippen molar-refractivity contribution >= 4 is 4.08 Å². The van der Waals surface area contributed by atoms with Crippen LogP contribution in [0.1, 0.15) is 18.1 Å². The van der Waals surface area contributed by atoms with E-state index >= 15 is 0 Å². The molecule has 0 unspecified atom stereocenters. The summed E-state index contributed by atoms with van der Waals surface area (Å²) in [6.45, 7) is 27.2. The van der Waals surface area contributed by atoms with Crippen LogP contribution in [0.15, 0.2) is 24.3 Å². The molecule has 0 radical (unpaired) electrons. The third-order valence-corrected chi connectivity index (χ3v) is 2.43. The van der Waals surface area contributed by atoms with E-state index in [-0.39, 0.29) is 0 Å². The second-order valence-electron chi connectivity index (χ2n) is 2.84. The van der Waals surface area contributed by atoms with Crippen LogP contribution >= 0.6 is 0 Å². The molecule has 0 aliphatic heterocycles.